The highest BCUT2D eigenvalue weighted by Gasteiger charge is 2.13. The van der Waals surface area contributed by atoms with Gasteiger partial charge in [-0.25, -0.2) is 4.98 Å². The summed E-state index contributed by atoms with van der Waals surface area (Å²) in [6, 6.07) is 0. The predicted octanol–water partition coefficient (Wildman–Crippen LogP) is 2.81. The van der Waals surface area contributed by atoms with Crippen molar-refractivity contribution in [1.82, 2.24) is 9.55 Å². The minimum absolute atomic E-state index is 0.915. The average Bonchev–Trinajstić information content (AvgIpc) is 2.64. The summed E-state index contributed by atoms with van der Waals surface area (Å²) in [5.41, 5.74) is 2.41. The SMILES string of the molecule is CC/C=C\c1c(CC)nc2n1CC=CN2. The van der Waals surface area contributed by atoms with Crippen LogP contribution in [0.4, 0.5) is 5.95 Å². The lowest BCUT2D eigenvalue weighted by Gasteiger charge is -2.11. The number of allylic oxidation sites excluding steroid dienone is 2. The van der Waals surface area contributed by atoms with Crippen molar-refractivity contribution in [3.8, 4) is 0 Å². The van der Waals surface area contributed by atoms with Crippen molar-refractivity contribution < 1.29 is 0 Å². The van der Waals surface area contributed by atoms with Crippen LogP contribution in [0.3, 0.4) is 0 Å². The molecule has 2 heterocycles. The van der Waals surface area contributed by atoms with E-state index in [0.717, 1.165) is 25.3 Å². The van der Waals surface area contributed by atoms with Crippen LogP contribution in [0.5, 0.6) is 0 Å². The van der Waals surface area contributed by atoms with Crippen molar-refractivity contribution in [2.45, 2.75) is 33.2 Å². The third-order valence-electron chi connectivity index (χ3n) is 2.55. The van der Waals surface area contributed by atoms with Crippen molar-refractivity contribution >= 4 is 12.0 Å². The van der Waals surface area contributed by atoms with E-state index in [-0.39, 0.29) is 0 Å². The molecule has 3 heteroatoms. The van der Waals surface area contributed by atoms with Crippen molar-refractivity contribution in [1.29, 1.82) is 0 Å². The molecule has 0 aromatic carbocycles. The van der Waals surface area contributed by atoms with Gasteiger partial charge in [0, 0.05) is 12.7 Å². The van der Waals surface area contributed by atoms with Crippen molar-refractivity contribution in [2.75, 3.05) is 5.32 Å². The predicted molar refractivity (Wildman–Crippen MR) is 63.7 cm³/mol. The highest BCUT2D eigenvalue weighted by molar-refractivity contribution is 5.54. The molecule has 0 amide bonds. The zero-order valence-electron chi connectivity index (χ0n) is 9.33. The van der Waals surface area contributed by atoms with Gasteiger partial charge in [-0.3, -0.25) is 0 Å². The molecular weight excluding hydrogens is 186 g/mol. The van der Waals surface area contributed by atoms with Gasteiger partial charge in [-0.2, -0.15) is 0 Å². The number of nitrogens with one attached hydrogen (secondary N) is 1. The smallest absolute Gasteiger partial charge is 0.207 e. The van der Waals surface area contributed by atoms with Crippen LogP contribution in [0.25, 0.3) is 6.08 Å². The molecule has 0 aliphatic carbocycles. The Hall–Kier alpha value is -1.51. The number of nitrogens with zero attached hydrogens (tertiary/aromatic N) is 2. The summed E-state index contributed by atoms with van der Waals surface area (Å²) in [5.74, 6) is 0.963. The van der Waals surface area contributed by atoms with E-state index in [1.54, 1.807) is 0 Å². The fourth-order valence-corrected chi connectivity index (χ4v) is 1.78. The van der Waals surface area contributed by atoms with Gasteiger partial charge in [0.1, 0.15) is 0 Å². The Morgan fingerprint density at radius 1 is 1.53 bits per heavy atom. The van der Waals surface area contributed by atoms with Crippen molar-refractivity contribution in [3.05, 3.63) is 29.7 Å². The Labute approximate surface area is 90.5 Å². The van der Waals surface area contributed by atoms with Gasteiger partial charge in [0.15, 0.2) is 0 Å². The number of imidazole rings is 1. The van der Waals surface area contributed by atoms with Crippen molar-refractivity contribution in [3.63, 3.8) is 0 Å². The van der Waals surface area contributed by atoms with Crippen LogP contribution >= 0.6 is 0 Å². The molecule has 3 nitrogen and oxygen atoms in total. The lowest BCUT2D eigenvalue weighted by Crippen LogP contribution is -2.08. The number of fused-ring (bicyclic) bond motifs is 1. The minimum atomic E-state index is 0.915. The van der Waals surface area contributed by atoms with E-state index in [9.17, 15) is 0 Å². The molecule has 1 aromatic heterocycles. The number of anilines is 1. The summed E-state index contributed by atoms with van der Waals surface area (Å²) < 4.78 is 2.21. The third-order valence-corrected chi connectivity index (χ3v) is 2.55. The molecule has 0 saturated heterocycles. The number of hydrogen-bond acceptors (Lipinski definition) is 2. The van der Waals surface area contributed by atoms with Gasteiger partial charge < -0.3 is 9.88 Å². The lowest BCUT2D eigenvalue weighted by molar-refractivity contribution is 0.804. The molecule has 2 rings (SSSR count). The molecule has 80 valence electrons. The Morgan fingerprint density at radius 3 is 3.13 bits per heavy atom. The maximum Gasteiger partial charge on any atom is 0.207 e. The maximum absolute atomic E-state index is 4.57. The zero-order valence-corrected chi connectivity index (χ0v) is 9.33. The second-order valence-electron chi connectivity index (χ2n) is 3.59. The summed E-state index contributed by atoms with van der Waals surface area (Å²) in [4.78, 5) is 4.57. The Morgan fingerprint density at radius 2 is 2.40 bits per heavy atom. The number of aryl methyl sites for hydroxylation is 1. The monoisotopic (exact) mass is 203 g/mol. The van der Waals surface area contributed by atoms with Crippen LogP contribution in [0, 0.1) is 0 Å². The molecule has 0 unspecified atom stereocenters. The van der Waals surface area contributed by atoms with Gasteiger partial charge in [0.25, 0.3) is 0 Å². The van der Waals surface area contributed by atoms with E-state index in [4.69, 9.17) is 0 Å². The largest absolute Gasteiger partial charge is 0.332 e. The quantitative estimate of drug-likeness (QED) is 0.818. The molecular formula is C12H17N3. The van der Waals surface area contributed by atoms with Gasteiger partial charge in [0.2, 0.25) is 5.95 Å². The van der Waals surface area contributed by atoms with E-state index < -0.39 is 0 Å². The van der Waals surface area contributed by atoms with E-state index in [1.807, 2.05) is 6.20 Å². The first-order chi connectivity index (χ1) is 7.36. The van der Waals surface area contributed by atoms with Crippen LogP contribution in [0.1, 0.15) is 31.7 Å². The van der Waals surface area contributed by atoms with Gasteiger partial charge in [-0.05, 0) is 25.0 Å². The molecule has 1 aliphatic heterocycles. The zero-order chi connectivity index (χ0) is 10.7. The summed E-state index contributed by atoms with van der Waals surface area (Å²) in [6.07, 6.45) is 10.5. The molecule has 1 aromatic rings. The number of aromatic nitrogens is 2. The molecule has 1 aliphatic rings. The first kappa shape index (κ1) is 10.0. The van der Waals surface area contributed by atoms with Crippen molar-refractivity contribution in [2.24, 2.45) is 0 Å². The Balaban J connectivity index is 2.41. The Kier molecular flexibility index (Phi) is 2.90. The summed E-state index contributed by atoms with van der Waals surface area (Å²) in [7, 11) is 0. The first-order valence-electron chi connectivity index (χ1n) is 5.54. The van der Waals surface area contributed by atoms with Crippen LogP contribution in [0.15, 0.2) is 18.4 Å². The van der Waals surface area contributed by atoms with Crippen LogP contribution in [-0.2, 0) is 13.0 Å². The highest BCUT2D eigenvalue weighted by Crippen LogP contribution is 2.21. The van der Waals surface area contributed by atoms with Crippen LogP contribution in [-0.4, -0.2) is 9.55 Å². The Bertz CT molecular complexity index is 399. The fourth-order valence-electron chi connectivity index (χ4n) is 1.78. The average molecular weight is 203 g/mol. The van der Waals surface area contributed by atoms with E-state index >= 15 is 0 Å². The summed E-state index contributed by atoms with van der Waals surface area (Å²) in [5, 5.41) is 3.17. The van der Waals surface area contributed by atoms with Gasteiger partial charge in [-0.15, -0.1) is 0 Å². The molecule has 0 spiro atoms. The highest BCUT2D eigenvalue weighted by atomic mass is 15.2. The van der Waals surface area contributed by atoms with E-state index in [1.165, 1.54) is 11.4 Å². The van der Waals surface area contributed by atoms with Gasteiger partial charge >= 0.3 is 0 Å². The molecule has 0 radical (unpaired) electrons. The standard InChI is InChI=1S/C12H17N3/c1-3-5-7-11-10(4-2)14-12-13-8-6-9-15(11)12/h5-8H,3-4,9H2,1-2H3,(H,13,14)/b7-5-. The molecule has 0 atom stereocenters. The second kappa shape index (κ2) is 4.34. The van der Waals surface area contributed by atoms with E-state index in [2.05, 4.69) is 46.9 Å². The first-order valence-corrected chi connectivity index (χ1v) is 5.54. The normalized spacial score (nSPS) is 14.3. The topological polar surface area (TPSA) is 29.9 Å². The fraction of sp³-hybridized carbons (Fsp3) is 0.417. The molecule has 0 bridgehead atoms. The molecule has 1 N–H and O–H groups in total. The van der Waals surface area contributed by atoms with Gasteiger partial charge in [0.05, 0.1) is 11.4 Å². The third kappa shape index (κ3) is 1.82. The minimum Gasteiger partial charge on any atom is -0.332 e. The number of rotatable bonds is 3. The lowest BCUT2D eigenvalue weighted by atomic mass is 10.2. The molecule has 0 fully saturated rings. The molecule has 0 saturated carbocycles. The van der Waals surface area contributed by atoms with Crippen LogP contribution in [0.2, 0.25) is 0 Å². The second-order valence-corrected chi connectivity index (χ2v) is 3.59. The molecule has 15 heavy (non-hydrogen) atoms. The van der Waals surface area contributed by atoms with Gasteiger partial charge in [-0.1, -0.05) is 19.9 Å². The number of hydrogen-bond donors (Lipinski definition) is 1. The van der Waals surface area contributed by atoms with E-state index in [0.29, 0.717) is 0 Å². The summed E-state index contributed by atoms with van der Waals surface area (Å²) in [6.45, 7) is 5.21. The van der Waals surface area contributed by atoms with Crippen LogP contribution < -0.4 is 5.32 Å². The summed E-state index contributed by atoms with van der Waals surface area (Å²) >= 11 is 0. The maximum atomic E-state index is 4.57.